The third kappa shape index (κ3) is 6.11. The summed E-state index contributed by atoms with van der Waals surface area (Å²) in [6.45, 7) is 5.72. The Bertz CT molecular complexity index is 719. The molecule has 3 rings (SSSR count). The van der Waals surface area contributed by atoms with Crippen molar-refractivity contribution in [2.24, 2.45) is 4.99 Å². The molecule has 1 saturated carbocycles. The summed E-state index contributed by atoms with van der Waals surface area (Å²) < 4.78 is 0. The van der Waals surface area contributed by atoms with E-state index < -0.39 is 0 Å². The molecule has 7 heteroatoms. The number of guanidine groups is 1. The zero-order chi connectivity index (χ0) is 16.9. The molecule has 2 unspecified atom stereocenters. The molecule has 0 saturated heterocycles. The quantitative estimate of drug-likeness (QED) is 0.359. The summed E-state index contributed by atoms with van der Waals surface area (Å²) >= 11 is 7.78. The van der Waals surface area contributed by atoms with Gasteiger partial charge >= 0.3 is 0 Å². The van der Waals surface area contributed by atoms with Gasteiger partial charge in [-0.3, -0.25) is 4.99 Å². The molecule has 1 aliphatic carbocycles. The molecule has 1 aromatic carbocycles. The summed E-state index contributed by atoms with van der Waals surface area (Å²) in [5.74, 6) is 1.41. The number of aryl methyl sites for hydroxylation is 1. The maximum atomic E-state index is 6.09. The van der Waals surface area contributed by atoms with Gasteiger partial charge in [0.15, 0.2) is 5.96 Å². The molecule has 0 amide bonds. The second-order valence-electron chi connectivity index (χ2n) is 6.02. The van der Waals surface area contributed by atoms with Crippen LogP contribution in [0.5, 0.6) is 0 Å². The van der Waals surface area contributed by atoms with Crippen LogP contribution in [0, 0.1) is 6.92 Å². The van der Waals surface area contributed by atoms with Crippen molar-refractivity contribution in [2.45, 2.75) is 38.6 Å². The van der Waals surface area contributed by atoms with Crippen molar-refractivity contribution < 1.29 is 0 Å². The van der Waals surface area contributed by atoms with Gasteiger partial charge < -0.3 is 10.6 Å². The van der Waals surface area contributed by atoms with E-state index in [0.29, 0.717) is 12.0 Å². The maximum absolute atomic E-state index is 6.09. The van der Waals surface area contributed by atoms with Crippen LogP contribution in [0.2, 0.25) is 5.02 Å². The Hall–Kier alpha value is -0.860. The lowest BCUT2D eigenvalue weighted by Gasteiger charge is -2.11. The van der Waals surface area contributed by atoms with Crippen molar-refractivity contribution in [3.63, 3.8) is 0 Å². The van der Waals surface area contributed by atoms with E-state index in [9.17, 15) is 0 Å². The molecule has 2 atom stereocenters. The van der Waals surface area contributed by atoms with Crippen LogP contribution < -0.4 is 10.6 Å². The molecule has 1 aliphatic rings. The van der Waals surface area contributed by atoms with Gasteiger partial charge in [-0.1, -0.05) is 23.7 Å². The van der Waals surface area contributed by atoms with E-state index in [1.807, 2.05) is 19.1 Å². The molecule has 25 heavy (non-hydrogen) atoms. The summed E-state index contributed by atoms with van der Waals surface area (Å²) in [5, 5.41) is 10.9. The summed E-state index contributed by atoms with van der Waals surface area (Å²) in [6.07, 6.45) is 2.00. The molecule has 4 nitrogen and oxygen atoms in total. The van der Waals surface area contributed by atoms with Crippen molar-refractivity contribution in [3.05, 3.63) is 50.9 Å². The maximum Gasteiger partial charge on any atom is 0.191 e. The Morgan fingerprint density at radius 2 is 2.28 bits per heavy atom. The number of aromatic nitrogens is 1. The van der Waals surface area contributed by atoms with Crippen LogP contribution in [0.25, 0.3) is 0 Å². The second-order valence-corrected chi connectivity index (χ2v) is 7.52. The van der Waals surface area contributed by atoms with Gasteiger partial charge in [0.1, 0.15) is 0 Å². The predicted octanol–water partition coefficient (Wildman–Crippen LogP) is 4.38. The fourth-order valence-electron chi connectivity index (χ4n) is 2.76. The molecule has 0 bridgehead atoms. The molecule has 1 aromatic heterocycles. The minimum atomic E-state index is 0. The monoisotopic (exact) mass is 490 g/mol. The fraction of sp³-hybridized carbons (Fsp3) is 0.444. The van der Waals surface area contributed by atoms with E-state index in [0.717, 1.165) is 47.6 Å². The molecular weight excluding hydrogens is 467 g/mol. The number of hydrogen-bond donors (Lipinski definition) is 2. The average Bonchev–Trinajstić information content (AvgIpc) is 3.20. The van der Waals surface area contributed by atoms with E-state index in [4.69, 9.17) is 11.6 Å². The third-order valence-corrected chi connectivity index (χ3v) is 5.10. The number of nitrogens with zero attached hydrogens (tertiary/aromatic N) is 2. The van der Waals surface area contributed by atoms with Crippen molar-refractivity contribution in [3.8, 4) is 0 Å². The van der Waals surface area contributed by atoms with E-state index in [-0.39, 0.29) is 24.0 Å². The number of hydrogen-bond acceptors (Lipinski definition) is 3. The lowest BCUT2D eigenvalue weighted by atomic mass is 10.1. The lowest BCUT2D eigenvalue weighted by Crippen LogP contribution is -2.39. The van der Waals surface area contributed by atoms with Gasteiger partial charge in [0.25, 0.3) is 0 Å². The highest BCUT2D eigenvalue weighted by Gasteiger charge is 2.39. The van der Waals surface area contributed by atoms with Crippen molar-refractivity contribution in [2.75, 3.05) is 13.1 Å². The Balaban J connectivity index is 0.00000225. The Morgan fingerprint density at radius 3 is 2.96 bits per heavy atom. The van der Waals surface area contributed by atoms with Crippen LogP contribution in [0.3, 0.4) is 0 Å². The van der Waals surface area contributed by atoms with Gasteiger partial charge in [0, 0.05) is 41.9 Å². The normalized spacial score (nSPS) is 19.2. The van der Waals surface area contributed by atoms with Crippen LogP contribution in [0.4, 0.5) is 0 Å². The molecular formula is C18H24ClIN4S. The summed E-state index contributed by atoms with van der Waals surface area (Å²) in [4.78, 5) is 9.16. The second kappa shape index (κ2) is 9.73. The van der Waals surface area contributed by atoms with E-state index in [1.165, 1.54) is 5.56 Å². The average molecular weight is 491 g/mol. The zero-order valence-electron chi connectivity index (χ0n) is 14.5. The SMILES string of the molecule is CCNC(=NCCc1csc(C)n1)NC1CC1c1cccc(Cl)c1.I. The predicted molar refractivity (Wildman–Crippen MR) is 118 cm³/mol. The standard InChI is InChI=1S/C18H23ClN4S.HI/c1-3-20-18(21-8-7-15-11-24-12(2)22-15)23-17-10-16(17)13-5-4-6-14(19)9-13;/h4-6,9,11,16-17H,3,7-8,10H2,1-2H3,(H2,20,21,23);1H. The molecule has 2 aromatic rings. The summed E-state index contributed by atoms with van der Waals surface area (Å²) in [6, 6.07) is 8.57. The van der Waals surface area contributed by atoms with Crippen molar-refractivity contribution in [1.82, 2.24) is 15.6 Å². The van der Waals surface area contributed by atoms with Gasteiger partial charge in [0.2, 0.25) is 0 Å². The van der Waals surface area contributed by atoms with E-state index in [1.54, 1.807) is 11.3 Å². The van der Waals surface area contributed by atoms with Crippen molar-refractivity contribution in [1.29, 1.82) is 0 Å². The molecule has 2 N–H and O–H groups in total. The molecule has 0 aliphatic heterocycles. The van der Waals surface area contributed by atoms with Gasteiger partial charge in [-0.25, -0.2) is 4.98 Å². The number of halogens is 2. The first-order valence-corrected chi connectivity index (χ1v) is 9.62. The third-order valence-electron chi connectivity index (χ3n) is 4.04. The Morgan fingerprint density at radius 1 is 1.44 bits per heavy atom. The van der Waals surface area contributed by atoms with Gasteiger partial charge in [-0.2, -0.15) is 0 Å². The highest BCUT2D eigenvalue weighted by Crippen LogP contribution is 2.41. The zero-order valence-corrected chi connectivity index (χ0v) is 18.4. The van der Waals surface area contributed by atoms with Gasteiger partial charge in [-0.05, 0) is 38.0 Å². The number of thiazole rings is 1. The van der Waals surface area contributed by atoms with Crippen LogP contribution >= 0.6 is 46.9 Å². The fourth-order valence-corrected chi connectivity index (χ4v) is 3.61. The van der Waals surface area contributed by atoms with Gasteiger partial charge in [-0.15, -0.1) is 35.3 Å². The van der Waals surface area contributed by atoms with Crippen LogP contribution in [0.1, 0.15) is 35.5 Å². The number of benzene rings is 1. The topological polar surface area (TPSA) is 49.3 Å². The lowest BCUT2D eigenvalue weighted by molar-refractivity contribution is 0.790. The highest BCUT2D eigenvalue weighted by atomic mass is 127. The van der Waals surface area contributed by atoms with Crippen LogP contribution in [-0.4, -0.2) is 30.1 Å². The Labute approximate surface area is 175 Å². The number of nitrogens with one attached hydrogen (secondary N) is 2. The molecule has 136 valence electrons. The van der Waals surface area contributed by atoms with Crippen LogP contribution in [-0.2, 0) is 6.42 Å². The van der Waals surface area contributed by atoms with Crippen molar-refractivity contribution >= 4 is 52.9 Å². The smallest absolute Gasteiger partial charge is 0.191 e. The summed E-state index contributed by atoms with van der Waals surface area (Å²) in [7, 11) is 0. The van der Waals surface area contributed by atoms with Crippen LogP contribution in [0.15, 0.2) is 34.6 Å². The first kappa shape index (κ1) is 20.5. The molecule has 1 fully saturated rings. The molecule has 1 heterocycles. The minimum Gasteiger partial charge on any atom is -0.357 e. The highest BCUT2D eigenvalue weighted by molar-refractivity contribution is 14.0. The largest absolute Gasteiger partial charge is 0.357 e. The molecule has 0 radical (unpaired) electrons. The van der Waals surface area contributed by atoms with E-state index in [2.05, 4.69) is 45.0 Å². The first-order chi connectivity index (χ1) is 11.7. The molecule has 0 spiro atoms. The number of rotatable bonds is 6. The number of aliphatic imine (C=N–C) groups is 1. The minimum absolute atomic E-state index is 0. The first-order valence-electron chi connectivity index (χ1n) is 8.37. The van der Waals surface area contributed by atoms with E-state index >= 15 is 0 Å². The Kier molecular flexibility index (Phi) is 7.96. The van der Waals surface area contributed by atoms with Gasteiger partial charge in [0.05, 0.1) is 10.7 Å². The summed E-state index contributed by atoms with van der Waals surface area (Å²) in [5.41, 5.74) is 2.43.